The molecular weight excluding hydrogens is 581 g/mol. The van der Waals surface area contributed by atoms with E-state index in [0.717, 1.165) is 68.7 Å². The molecular formula is C42H26N2OS. The fourth-order valence-electron chi connectivity index (χ4n) is 7.09. The molecule has 1 aliphatic carbocycles. The van der Waals surface area contributed by atoms with Gasteiger partial charge in [0.25, 0.3) is 0 Å². The van der Waals surface area contributed by atoms with Gasteiger partial charge in [0.2, 0.25) is 0 Å². The van der Waals surface area contributed by atoms with Gasteiger partial charge in [-0.2, -0.15) is 0 Å². The predicted molar refractivity (Wildman–Crippen MR) is 193 cm³/mol. The molecule has 10 rings (SSSR count). The summed E-state index contributed by atoms with van der Waals surface area (Å²) in [5, 5.41) is 7.23. The van der Waals surface area contributed by atoms with Crippen molar-refractivity contribution >= 4 is 70.3 Å². The Hall–Kier alpha value is -5.58. The number of aromatic nitrogens is 2. The van der Waals surface area contributed by atoms with Crippen LogP contribution in [-0.2, 0) is 6.42 Å². The normalized spacial score (nSPS) is 13.0. The van der Waals surface area contributed by atoms with Crippen LogP contribution in [0, 0.1) is 0 Å². The van der Waals surface area contributed by atoms with Crippen molar-refractivity contribution in [2.24, 2.45) is 0 Å². The van der Waals surface area contributed by atoms with Crippen LogP contribution in [-0.4, -0.2) is 9.97 Å². The smallest absolute Gasteiger partial charge is 0.160 e. The first-order chi connectivity index (χ1) is 22.8. The number of nitrogens with zero attached hydrogens (tertiary/aromatic N) is 2. The third-order valence-electron chi connectivity index (χ3n) is 9.29. The lowest BCUT2D eigenvalue weighted by Crippen LogP contribution is -2.05. The molecule has 0 amide bonds. The van der Waals surface area contributed by atoms with Gasteiger partial charge in [-0.1, -0.05) is 91.0 Å². The van der Waals surface area contributed by atoms with Crippen molar-refractivity contribution in [2.75, 3.05) is 0 Å². The SMILES string of the molecule is C1=Cc2c(nc(-c3cc(-c4ccccc4)c4c(c3)sc3ccccc34)nc2-c2ccc3c(c2)oc2cc4ccccc4cc23)CC1. The van der Waals surface area contributed by atoms with Gasteiger partial charge in [-0.25, -0.2) is 9.97 Å². The van der Waals surface area contributed by atoms with Gasteiger partial charge in [-0.05, 0) is 77.2 Å². The van der Waals surface area contributed by atoms with Crippen LogP contribution in [0.5, 0.6) is 0 Å². The maximum absolute atomic E-state index is 6.46. The molecule has 0 aliphatic heterocycles. The van der Waals surface area contributed by atoms with Crippen LogP contribution in [0.15, 0.2) is 132 Å². The molecule has 6 aromatic carbocycles. The van der Waals surface area contributed by atoms with E-state index in [4.69, 9.17) is 14.4 Å². The molecule has 0 fully saturated rings. The lowest BCUT2D eigenvalue weighted by atomic mass is 9.95. The van der Waals surface area contributed by atoms with E-state index in [-0.39, 0.29) is 0 Å². The Balaban J connectivity index is 1.19. The van der Waals surface area contributed by atoms with Crippen LogP contribution in [0.3, 0.4) is 0 Å². The van der Waals surface area contributed by atoms with Gasteiger partial charge in [0.15, 0.2) is 5.82 Å². The summed E-state index contributed by atoms with van der Waals surface area (Å²) in [5.41, 5.74) is 9.39. The molecule has 0 saturated carbocycles. The van der Waals surface area contributed by atoms with Gasteiger partial charge >= 0.3 is 0 Å². The first kappa shape index (κ1) is 25.7. The third-order valence-corrected chi connectivity index (χ3v) is 10.4. The zero-order valence-electron chi connectivity index (χ0n) is 24.8. The summed E-state index contributed by atoms with van der Waals surface area (Å²) in [6.07, 6.45) is 6.29. The molecule has 1 aliphatic rings. The highest BCUT2D eigenvalue weighted by molar-refractivity contribution is 7.26. The van der Waals surface area contributed by atoms with Crippen LogP contribution in [0.1, 0.15) is 17.7 Å². The summed E-state index contributed by atoms with van der Waals surface area (Å²) in [7, 11) is 0. The number of hydrogen-bond acceptors (Lipinski definition) is 4. The van der Waals surface area contributed by atoms with E-state index in [2.05, 4.69) is 133 Å². The summed E-state index contributed by atoms with van der Waals surface area (Å²) in [6.45, 7) is 0. The Morgan fingerprint density at radius 1 is 0.587 bits per heavy atom. The summed E-state index contributed by atoms with van der Waals surface area (Å²) in [6, 6.07) is 43.3. The molecule has 0 spiro atoms. The lowest BCUT2D eigenvalue weighted by Gasteiger charge is -2.16. The fraction of sp³-hybridized carbons (Fsp3) is 0.0476. The molecule has 3 heterocycles. The maximum atomic E-state index is 6.46. The van der Waals surface area contributed by atoms with Crippen molar-refractivity contribution in [3.63, 3.8) is 0 Å². The number of allylic oxidation sites excluding steroid dienone is 1. The van der Waals surface area contributed by atoms with Crippen molar-refractivity contribution in [1.82, 2.24) is 9.97 Å². The van der Waals surface area contributed by atoms with Gasteiger partial charge < -0.3 is 4.42 Å². The van der Waals surface area contributed by atoms with E-state index in [0.29, 0.717) is 0 Å². The molecule has 4 heteroatoms. The minimum Gasteiger partial charge on any atom is -0.456 e. The van der Waals surface area contributed by atoms with E-state index >= 15 is 0 Å². The zero-order chi connectivity index (χ0) is 30.2. The Morgan fingerprint density at radius 3 is 2.30 bits per heavy atom. The minimum absolute atomic E-state index is 0.761. The highest BCUT2D eigenvalue weighted by Gasteiger charge is 2.21. The van der Waals surface area contributed by atoms with Gasteiger partial charge in [0.05, 0.1) is 11.4 Å². The van der Waals surface area contributed by atoms with Crippen molar-refractivity contribution in [1.29, 1.82) is 0 Å². The monoisotopic (exact) mass is 606 g/mol. The first-order valence-electron chi connectivity index (χ1n) is 15.7. The van der Waals surface area contributed by atoms with Crippen molar-refractivity contribution in [2.45, 2.75) is 12.8 Å². The average molecular weight is 607 g/mol. The number of hydrogen-bond donors (Lipinski definition) is 0. The second-order valence-electron chi connectivity index (χ2n) is 12.1. The summed E-state index contributed by atoms with van der Waals surface area (Å²) < 4.78 is 9.00. The van der Waals surface area contributed by atoms with E-state index in [1.54, 1.807) is 0 Å². The van der Waals surface area contributed by atoms with Crippen molar-refractivity contribution in [3.05, 3.63) is 139 Å². The molecule has 0 atom stereocenters. The van der Waals surface area contributed by atoms with Crippen LogP contribution >= 0.6 is 11.3 Å². The number of fused-ring (bicyclic) bond motifs is 8. The standard InChI is InChI=1S/C42H26N2OS/c1-2-10-25(11-3-1)33-21-29(24-39-40(33)32-15-7-9-17-38(32)46-39)42-43-35-16-8-6-14-31(35)41(44-42)28-18-19-30-34-20-26-12-4-5-13-27(26)22-37(34)45-36(30)23-28/h1-7,9-15,17-24H,8,16H2. The van der Waals surface area contributed by atoms with E-state index in [1.165, 1.54) is 42.1 Å². The number of thiophene rings is 1. The molecule has 9 aromatic rings. The Morgan fingerprint density at radius 2 is 1.39 bits per heavy atom. The summed E-state index contributed by atoms with van der Waals surface area (Å²) in [4.78, 5) is 10.5. The Labute approximate surface area is 269 Å². The number of furan rings is 1. The topological polar surface area (TPSA) is 38.9 Å². The first-order valence-corrected chi connectivity index (χ1v) is 16.5. The zero-order valence-corrected chi connectivity index (χ0v) is 25.6. The molecule has 3 aromatic heterocycles. The average Bonchev–Trinajstić information content (AvgIpc) is 3.67. The second-order valence-corrected chi connectivity index (χ2v) is 13.2. The van der Waals surface area contributed by atoms with Crippen LogP contribution < -0.4 is 0 Å². The van der Waals surface area contributed by atoms with Gasteiger partial charge in [0.1, 0.15) is 11.2 Å². The number of benzene rings is 6. The van der Waals surface area contributed by atoms with Crippen LogP contribution in [0.25, 0.3) is 92.7 Å². The molecule has 0 bridgehead atoms. The molecule has 3 nitrogen and oxygen atoms in total. The highest BCUT2D eigenvalue weighted by atomic mass is 32.1. The van der Waals surface area contributed by atoms with E-state index in [9.17, 15) is 0 Å². The Kier molecular flexibility index (Phi) is 5.57. The van der Waals surface area contributed by atoms with Gasteiger partial charge in [-0.3, -0.25) is 0 Å². The highest BCUT2D eigenvalue weighted by Crippen LogP contribution is 2.43. The van der Waals surface area contributed by atoms with Gasteiger partial charge in [-0.15, -0.1) is 11.3 Å². The fourth-order valence-corrected chi connectivity index (χ4v) is 8.26. The van der Waals surface area contributed by atoms with Gasteiger partial charge in [0, 0.05) is 47.6 Å². The van der Waals surface area contributed by atoms with E-state index < -0.39 is 0 Å². The minimum atomic E-state index is 0.761. The number of rotatable bonds is 3. The summed E-state index contributed by atoms with van der Waals surface area (Å²) >= 11 is 1.83. The number of aryl methyl sites for hydroxylation is 1. The van der Waals surface area contributed by atoms with E-state index in [1.807, 2.05) is 11.3 Å². The predicted octanol–water partition coefficient (Wildman–Crippen LogP) is 11.9. The van der Waals surface area contributed by atoms with Crippen LogP contribution in [0.4, 0.5) is 0 Å². The van der Waals surface area contributed by atoms with Crippen molar-refractivity contribution < 1.29 is 4.42 Å². The quantitative estimate of drug-likeness (QED) is 0.201. The summed E-state index contributed by atoms with van der Waals surface area (Å²) in [5.74, 6) is 0.761. The van der Waals surface area contributed by atoms with Crippen LogP contribution in [0.2, 0.25) is 0 Å². The van der Waals surface area contributed by atoms with Crippen molar-refractivity contribution in [3.8, 4) is 33.8 Å². The molecule has 46 heavy (non-hydrogen) atoms. The molecule has 0 saturated heterocycles. The molecule has 0 unspecified atom stereocenters. The molecule has 0 radical (unpaired) electrons. The lowest BCUT2D eigenvalue weighted by molar-refractivity contribution is 0.669. The second kappa shape index (κ2) is 9.96. The maximum Gasteiger partial charge on any atom is 0.160 e. The third kappa shape index (κ3) is 3.97. The molecule has 216 valence electrons. The Bertz CT molecular complexity index is 2700. The largest absolute Gasteiger partial charge is 0.456 e. The molecule has 0 N–H and O–H groups in total.